The largest absolute Gasteiger partial charge is 0.459 e. The van der Waals surface area contributed by atoms with Gasteiger partial charge in [-0.15, -0.1) is 0 Å². The molecule has 0 amide bonds. The molecule has 5 nitrogen and oxygen atoms in total. The van der Waals surface area contributed by atoms with Crippen LogP contribution in [0.2, 0.25) is 0 Å². The van der Waals surface area contributed by atoms with Crippen LogP contribution in [0.3, 0.4) is 0 Å². The lowest BCUT2D eigenvalue weighted by Crippen LogP contribution is -2.47. The number of benzene rings is 1. The molecule has 1 aliphatic heterocycles. The average Bonchev–Trinajstić information content (AvgIpc) is 2.44. The molecule has 1 fully saturated rings. The SMILES string of the molecule is CC(C)N1CCOC(COC(=O)c2cc(N)cc(Br)c2)C1. The van der Waals surface area contributed by atoms with Gasteiger partial charge in [-0.1, -0.05) is 15.9 Å². The van der Waals surface area contributed by atoms with Crippen molar-refractivity contribution in [1.82, 2.24) is 4.90 Å². The van der Waals surface area contributed by atoms with Crippen LogP contribution in [0.15, 0.2) is 22.7 Å². The molecule has 0 radical (unpaired) electrons. The summed E-state index contributed by atoms with van der Waals surface area (Å²) in [6.45, 7) is 6.94. The number of rotatable bonds is 4. The van der Waals surface area contributed by atoms with Gasteiger partial charge in [0.1, 0.15) is 12.7 Å². The van der Waals surface area contributed by atoms with Gasteiger partial charge in [0.25, 0.3) is 0 Å². The van der Waals surface area contributed by atoms with Crippen molar-refractivity contribution >= 4 is 27.6 Å². The first-order valence-electron chi connectivity index (χ1n) is 7.04. The van der Waals surface area contributed by atoms with Crippen molar-refractivity contribution in [3.8, 4) is 0 Å². The molecule has 1 aromatic carbocycles. The first-order chi connectivity index (χ1) is 9.95. The second kappa shape index (κ2) is 7.24. The van der Waals surface area contributed by atoms with E-state index in [9.17, 15) is 4.79 Å². The van der Waals surface area contributed by atoms with Gasteiger partial charge in [0.2, 0.25) is 0 Å². The summed E-state index contributed by atoms with van der Waals surface area (Å²) in [4.78, 5) is 14.4. The van der Waals surface area contributed by atoms with Gasteiger partial charge in [0.15, 0.2) is 0 Å². The van der Waals surface area contributed by atoms with E-state index in [1.165, 1.54) is 0 Å². The zero-order valence-electron chi connectivity index (χ0n) is 12.3. The van der Waals surface area contributed by atoms with Gasteiger partial charge in [-0.05, 0) is 32.0 Å². The average molecular weight is 357 g/mol. The highest BCUT2D eigenvalue weighted by molar-refractivity contribution is 9.10. The summed E-state index contributed by atoms with van der Waals surface area (Å²) in [6, 6.07) is 5.51. The van der Waals surface area contributed by atoms with E-state index in [-0.39, 0.29) is 18.7 Å². The number of nitrogen functional groups attached to an aromatic ring is 1. The number of nitrogens with zero attached hydrogens (tertiary/aromatic N) is 1. The molecule has 1 heterocycles. The highest BCUT2D eigenvalue weighted by Gasteiger charge is 2.23. The van der Waals surface area contributed by atoms with E-state index >= 15 is 0 Å². The first kappa shape index (κ1) is 16.3. The fraction of sp³-hybridized carbons (Fsp3) is 0.533. The van der Waals surface area contributed by atoms with E-state index in [2.05, 4.69) is 34.7 Å². The Morgan fingerprint density at radius 1 is 1.52 bits per heavy atom. The Labute approximate surface area is 133 Å². The summed E-state index contributed by atoms with van der Waals surface area (Å²) in [5, 5.41) is 0. The van der Waals surface area contributed by atoms with E-state index in [4.69, 9.17) is 15.2 Å². The van der Waals surface area contributed by atoms with Gasteiger partial charge in [-0.25, -0.2) is 4.79 Å². The highest BCUT2D eigenvalue weighted by Crippen LogP contribution is 2.18. The summed E-state index contributed by atoms with van der Waals surface area (Å²) in [6.07, 6.45) is -0.0744. The zero-order chi connectivity index (χ0) is 15.4. The Morgan fingerprint density at radius 2 is 2.29 bits per heavy atom. The van der Waals surface area contributed by atoms with Crippen LogP contribution in [0.1, 0.15) is 24.2 Å². The molecule has 0 aromatic heterocycles. The van der Waals surface area contributed by atoms with E-state index in [0.29, 0.717) is 23.9 Å². The van der Waals surface area contributed by atoms with Crippen LogP contribution >= 0.6 is 15.9 Å². The number of ether oxygens (including phenoxy) is 2. The molecule has 1 saturated heterocycles. The lowest BCUT2D eigenvalue weighted by Gasteiger charge is -2.35. The van der Waals surface area contributed by atoms with Gasteiger partial charge in [0, 0.05) is 29.3 Å². The molecule has 6 heteroatoms. The molecule has 21 heavy (non-hydrogen) atoms. The number of esters is 1. The second-order valence-corrected chi connectivity index (χ2v) is 6.37. The smallest absolute Gasteiger partial charge is 0.338 e. The van der Waals surface area contributed by atoms with Crippen molar-refractivity contribution in [2.24, 2.45) is 0 Å². The molecule has 0 aliphatic carbocycles. The number of anilines is 1. The van der Waals surface area contributed by atoms with Crippen LogP contribution in [-0.2, 0) is 9.47 Å². The molecule has 2 rings (SSSR count). The quantitative estimate of drug-likeness (QED) is 0.662. The van der Waals surface area contributed by atoms with Crippen LogP contribution < -0.4 is 5.73 Å². The molecule has 1 unspecified atom stereocenters. The Bertz CT molecular complexity index is 487. The fourth-order valence-electron chi connectivity index (χ4n) is 2.29. The van der Waals surface area contributed by atoms with Crippen LogP contribution in [-0.4, -0.2) is 49.3 Å². The molecule has 0 saturated carbocycles. The minimum Gasteiger partial charge on any atom is -0.459 e. The van der Waals surface area contributed by atoms with Crippen LogP contribution in [0.5, 0.6) is 0 Å². The fourth-order valence-corrected chi connectivity index (χ4v) is 2.81. The summed E-state index contributed by atoms with van der Waals surface area (Å²) in [5.41, 5.74) is 6.69. The maximum Gasteiger partial charge on any atom is 0.338 e. The monoisotopic (exact) mass is 356 g/mol. The number of hydrogen-bond donors (Lipinski definition) is 1. The number of hydrogen-bond acceptors (Lipinski definition) is 5. The summed E-state index contributed by atoms with van der Waals surface area (Å²) in [7, 11) is 0. The van der Waals surface area contributed by atoms with Gasteiger partial charge in [-0.3, -0.25) is 4.90 Å². The molecule has 1 aromatic rings. The predicted molar refractivity (Wildman–Crippen MR) is 85.3 cm³/mol. The Hall–Kier alpha value is -1.11. The van der Waals surface area contributed by atoms with Crippen molar-refractivity contribution < 1.29 is 14.3 Å². The minimum absolute atomic E-state index is 0.0744. The van der Waals surface area contributed by atoms with Crippen LogP contribution in [0.25, 0.3) is 0 Å². The molecule has 0 spiro atoms. The zero-order valence-corrected chi connectivity index (χ0v) is 13.9. The third kappa shape index (κ3) is 4.69. The topological polar surface area (TPSA) is 64.8 Å². The standard InChI is InChI=1S/C15H21BrN2O3/c1-10(2)18-3-4-20-14(8-18)9-21-15(19)11-5-12(16)7-13(17)6-11/h5-7,10,14H,3-4,8-9,17H2,1-2H3. The summed E-state index contributed by atoms with van der Waals surface area (Å²) >= 11 is 3.31. The first-order valence-corrected chi connectivity index (χ1v) is 7.84. The molecule has 0 bridgehead atoms. The molecule has 2 N–H and O–H groups in total. The minimum atomic E-state index is -0.381. The third-order valence-corrected chi connectivity index (χ3v) is 3.91. The van der Waals surface area contributed by atoms with Crippen molar-refractivity contribution in [1.29, 1.82) is 0 Å². The lowest BCUT2D eigenvalue weighted by atomic mass is 10.2. The van der Waals surface area contributed by atoms with Gasteiger partial charge in [0.05, 0.1) is 12.2 Å². The van der Waals surface area contributed by atoms with Crippen molar-refractivity contribution in [2.45, 2.75) is 26.0 Å². The molecular formula is C15H21BrN2O3. The number of carbonyl (C=O) groups excluding carboxylic acids is 1. The van der Waals surface area contributed by atoms with E-state index < -0.39 is 0 Å². The molecular weight excluding hydrogens is 336 g/mol. The van der Waals surface area contributed by atoms with Gasteiger partial charge >= 0.3 is 5.97 Å². The maximum absolute atomic E-state index is 12.0. The van der Waals surface area contributed by atoms with Gasteiger partial charge < -0.3 is 15.2 Å². The second-order valence-electron chi connectivity index (χ2n) is 5.45. The number of carbonyl (C=O) groups is 1. The van der Waals surface area contributed by atoms with Crippen molar-refractivity contribution in [3.63, 3.8) is 0 Å². The Kier molecular flexibility index (Phi) is 5.61. The van der Waals surface area contributed by atoms with Crippen molar-refractivity contribution in [3.05, 3.63) is 28.2 Å². The van der Waals surface area contributed by atoms with E-state index in [1.807, 2.05) is 0 Å². The van der Waals surface area contributed by atoms with Crippen molar-refractivity contribution in [2.75, 3.05) is 32.0 Å². The Balaban J connectivity index is 1.89. The van der Waals surface area contributed by atoms with E-state index in [1.54, 1.807) is 18.2 Å². The molecule has 1 aliphatic rings. The molecule has 116 valence electrons. The lowest BCUT2D eigenvalue weighted by molar-refractivity contribution is -0.0662. The Morgan fingerprint density at radius 3 is 2.95 bits per heavy atom. The van der Waals surface area contributed by atoms with Crippen LogP contribution in [0, 0.1) is 0 Å². The van der Waals surface area contributed by atoms with Crippen LogP contribution in [0.4, 0.5) is 5.69 Å². The number of morpholine rings is 1. The predicted octanol–water partition coefficient (Wildman–Crippen LogP) is 2.30. The maximum atomic E-state index is 12.0. The normalized spacial score (nSPS) is 19.7. The molecule has 1 atom stereocenters. The summed E-state index contributed by atoms with van der Waals surface area (Å²) < 4.78 is 11.7. The van der Waals surface area contributed by atoms with E-state index in [0.717, 1.165) is 17.6 Å². The third-order valence-electron chi connectivity index (χ3n) is 3.46. The highest BCUT2D eigenvalue weighted by atomic mass is 79.9. The number of halogens is 1. The number of nitrogens with two attached hydrogens (primary N) is 1. The summed E-state index contributed by atoms with van der Waals surface area (Å²) in [5.74, 6) is -0.381. The van der Waals surface area contributed by atoms with Gasteiger partial charge in [-0.2, -0.15) is 0 Å².